The maximum Gasteiger partial charge on any atom is 0.192 e. The first kappa shape index (κ1) is 25.5. The monoisotopic (exact) mass is 490 g/mol. The smallest absolute Gasteiger partial charge is 0.192 e. The largest absolute Gasteiger partial charge is 0.404 e. The van der Waals surface area contributed by atoms with Crippen molar-refractivity contribution in [3.63, 3.8) is 0 Å². The van der Waals surface area contributed by atoms with Crippen LogP contribution in [0.5, 0.6) is 0 Å². The molecule has 1 unspecified atom stereocenters. The molecule has 0 amide bonds. The number of allylic oxidation sites excluding steroid dienone is 1. The van der Waals surface area contributed by atoms with E-state index in [4.69, 9.17) is 11.0 Å². The molecule has 7 nitrogen and oxygen atoms in total. The van der Waals surface area contributed by atoms with Crippen molar-refractivity contribution >= 4 is 23.1 Å². The fourth-order valence-corrected chi connectivity index (χ4v) is 4.38. The van der Waals surface area contributed by atoms with E-state index in [9.17, 15) is 4.79 Å². The zero-order valence-corrected chi connectivity index (χ0v) is 21.1. The van der Waals surface area contributed by atoms with E-state index < -0.39 is 0 Å². The van der Waals surface area contributed by atoms with Crippen LogP contribution in [0.1, 0.15) is 44.5 Å². The van der Waals surface area contributed by atoms with Gasteiger partial charge in [-0.2, -0.15) is 5.26 Å². The number of rotatable bonds is 10. The highest BCUT2D eigenvalue weighted by molar-refractivity contribution is 6.10. The van der Waals surface area contributed by atoms with Gasteiger partial charge in [0.05, 0.1) is 23.1 Å². The average Bonchev–Trinajstić information content (AvgIpc) is 3.27. The van der Waals surface area contributed by atoms with Crippen molar-refractivity contribution in [2.75, 3.05) is 20.1 Å². The second-order valence-corrected chi connectivity index (χ2v) is 8.78. The lowest BCUT2D eigenvalue weighted by molar-refractivity contribution is 0.0955. The Balaban J connectivity index is 1.57. The minimum Gasteiger partial charge on any atom is -0.404 e. The number of hydrogen-bond acceptors (Lipinski definition) is 6. The van der Waals surface area contributed by atoms with E-state index >= 15 is 0 Å². The molecule has 0 aliphatic rings. The van der Waals surface area contributed by atoms with Crippen LogP contribution in [-0.4, -0.2) is 41.5 Å². The molecule has 0 aliphatic carbocycles. The van der Waals surface area contributed by atoms with E-state index in [1.807, 2.05) is 84.3 Å². The summed E-state index contributed by atoms with van der Waals surface area (Å²) >= 11 is 0. The third kappa shape index (κ3) is 5.83. The summed E-state index contributed by atoms with van der Waals surface area (Å²) in [6.07, 6.45) is 5.95. The molecular weight excluding hydrogens is 460 g/mol. The molecule has 0 spiro atoms. The van der Waals surface area contributed by atoms with Gasteiger partial charge in [-0.1, -0.05) is 48.5 Å². The summed E-state index contributed by atoms with van der Waals surface area (Å²) in [6.45, 7) is 3.09. The number of aliphatic imine (C=N–C) groups is 1. The van der Waals surface area contributed by atoms with Gasteiger partial charge in [0, 0.05) is 43.3 Å². The number of pyridine rings is 1. The van der Waals surface area contributed by atoms with Gasteiger partial charge in [0.25, 0.3) is 0 Å². The van der Waals surface area contributed by atoms with Crippen LogP contribution >= 0.6 is 0 Å². The summed E-state index contributed by atoms with van der Waals surface area (Å²) in [6, 6.07) is 23.4. The van der Waals surface area contributed by atoms with Crippen LogP contribution in [0.25, 0.3) is 11.1 Å². The number of aromatic nitrogens is 2. The number of hydrogen-bond donors (Lipinski definition) is 2. The lowest BCUT2D eigenvalue weighted by Crippen LogP contribution is -2.29. The molecule has 4 rings (SSSR count). The van der Waals surface area contributed by atoms with Crippen molar-refractivity contribution in [3.05, 3.63) is 113 Å². The van der Waals surface area contributed by atoms with Crippen molar-refractivity contribution in [3.8, 4) is 6.07 Å². The van der Waals surface area contributed by atoms with Crippen LogP contribution in [-0.2, 0) is 6.42 Å². The van der Waals surface area contributed by atoms with Crippen molar-refractivity contribution in [1.82, 2.24) is 14.7 Å². The number of nitrogens with zero attached hydrogens (tertiary/aromatic N) is 4. The molecule has 0 saturated carbocycles. The molecule has 2 heterocycles. The van der Waals surface area contributed by atoms with Crippen molar-refractivity contribution in [2.24, 2.45) is 10.7 Å². The standard InChI is InChI=1S/C30H30N6O/c1-21-35-29(28-13-12-25(20-36(21)28)26(17-32)18-33-2)30(37)27(24-6-4-3-5-7-24)19-34-15-14-22-8-10-23(16-31)11-9-22/h3-13,17-18,20,27,34H,14-15,19,32H2,1-2H3. The van der Waals surface area contributed by atoms with Gasteiger partial charge in [-0.05, 0) is 49.2 Å². The zero-order chi connectivity index (χ0) is 26.2. The molecule has 3 N–H and O–H groups in total. The highest BCUT2D eigenvalue weighted by Crippen LogP contribution is 2.25. The SMILES string of the molecule is CN=CC(=CN)c1ccc2c(C(=O)C(CNCCc3ccc(C#N)cc3)c3ccccc3)nc(C)n2c1. The first-order valence-corrected chi connectivity index (χ1v) is 12.2. The molecule has 4 aromatic rings. The maximum absolute atomic E-state index is 13.9. The molecule has 7 heteroatoms. The molecule has 186 valence electrons. The minimum atomic E-state index is -0.383. The first-order chi connectivity index (χ1) is 18.0. The Labute approximate surface area is 217 Å². The summed E-state index contributed by atoms with van der Waals surface area (Å²) in [5.74, 6) is 0.317. The number of Topliss-reactive ketones (excluding diaryl/α,β-unsaturated/α-hetero) is 1. The van der Waals surface area contributed by atoms with Crippen LogP contribution in [0.4, 0.5) is 0 Å². The number of nitrogens with two attached hydrogens (primary N) is 1. The molecule has 1 atom stereocenters. The Morgan fingerprint density at radius 1 is 1.16 bits per heavy atom. The van der Waals surface area contributed by atoms with Crippen LogP contribution in [0.2, 0.25) is 0 Å². The first-order valence-electron chi connectivity index (χ1n) is 12.2. The second-order valence-electron chi connectivity index (χ2n) is 8.78. The number of fused-ring (bicyclic) bond motifs is 1. The van der Waals surface area contributed by atoms with Crippen molar-refractivity contribution < 1.29 is 4.79 Å². The normalized spacial score (nSPS) is 12.6. The number of ketones is 1. The maximum atomic E-state index is 13.9. The zero-order valence-electron chi connectivity index (χ0n) is 21.1. The van der Waals surface area contributed by atoms with E-state index in [0.717, 1.165) is 40.0 Å². The molecule has 2 aromatic carbocycles. The topological polar surface area (TPSA) is 109 Å². The second kappa shape index (κ2) is 11.9. The Morgan fingerprint density at radius 3 is 2.59 bits per heavy atom. The van der Waals surface area contributed by atoms with Crippen LogP contribution in [0.3, 0.4) is 0 Å². The fourth-order valence-electron chi connectivity index (χ4n) is 4.38. The molecule has 0 radical (unpaired) electrons. The van der Waals surface area contributed by atoms with Gasteiger partial charge in [0.1, 0.15) is 11.5 Å². The highest BCUT2D eigenvalue weighted by atomic mass is 16.1. The van der Waals surface area contributed by atoms with E-state index in [1.54, 1.807) is 13.3 Å². The molecule has 2 aromatic heterocycles. The highest BCUT2D eigenvalue weighted by Gasteiger charge is 2.26. The van der Waals surface area contributed by atoms with Crippen molar-refractivity contribution in [1.29, 1.82) is 5.26 Å². The van der Waals surface area contributed by atoms with Crippen LogP contribution < -0.4 is 11.1 Å². The third-order valence-corrected chi connectivity index (χ3v) is 6.37. The Kier molecular flexibility index (Phi) is 8.24. The predicted octanol–water partition coefficient (Wildman–Crippen LogP) is 4.31. The lowest BCUT2D eigenvalue weighted by atomic mass is 9.92. The van der Waals surface area contributed by atoms with E-state index in [2.05, 4.69) is 21.4 Å². The fraction of sp³-hybridized carbons (Fsp3) is 0.200. The van der Waals surface area contributed by atoms with Crippen molar-refractivity contribution in [2.45, 2.75) is 19.3 Å². The molecule has 0 bridgehead atoms. The molecule has 0 fully saturated rings. The molecular formula is C30H30N6O. The number of aryl methyl sites for hydroxylation is 1. The van der Waals surface area contributed by atoms with Gasteiger partial charge in [0.2, 0.25) is 0 Å². The summed E-state index contributed by atoms with van der Waals surface area (Å²) in [7, 11) is 1.70. The summed E-state index contributed by atoms with van der Waals surface area (Å²) in [5, 5.41) is 12.4. The van der Waals surface area contributed by atoms with Gasteiger partial charge < -0.3 is 15.5 Å². The van der Waals surface area contributed by atoms with Gasteiger partial charge in [-0.15, -0.1) is 0 Å². The molecule has 37 heavy (non-hydrogen) atoms. The quantitative estimate of drug-likeness (QED) is 0.196. The lowest BCUT2D eigenvalue weighted by Gasteiger charge is -2.17. The Hall–Kier alpha value is -4.54. The third-order valence-electron chi connectivity index (χ3n) is 6.37. The summed E-state index contributed by atoms with van der Waals surface area (Å²) in [5.41, 5.74) is 11.4. The number of nitrogens with one attached hydrogen (secondary N) is 1. The predicted molar refractivity (Wildman–Crippen MR) is 148 cm³/mol. The number of benzene rings is 2. The molecule has 0 aliphatic heterocycles. The van der Waals surface area contributed by atoms with E-state index in [1.165, 1.54) is 6.20 Å². The van der Waals surface area contributed by atoms with Gasteiger partial charge in [-0.25, -0.2) is 4.98 Å². The number of carbonyl (C=O) groups is 1. The number of carbonyl (C=O) groups excluding carboxylic acids is 1. The number of imidazole rings is 1. The average molecular weight is 491 g/mol. The number of nitriles is 1. The van der Waals surface area contributed by atoms with Gasteiger partial charge in [-0.3, -0.25) is 9.79 Å². The Morgan fingerprint density at radius 2 is 1.92 bits per heavy atom. The van der Waals surface area contributed by atoms with Crippen LogP contribution in [0, 0.1) is 18.3 Å². The van der Waals surface area contributed by atoms with Gasteiger partial charge in [0.15, 0.2) is 5.78 Å². The van der Waals surface area contributed by atoms with Gasteiger partial charge >= 0.3 is 0 Å². The minimum absolute atomic E-state index is 0.0277. The molecule has 0 saturated heterocycles. The van der Waals surface area contributed by atoms with Crippen LogP contribution in [0.15, 0.2) is 84.1 Å². The summed E-state index contributed by atoms with van der Waals surface area (Å²) < 4.78 is 1.93. The van der Waals surface area contributed by atoms with E-state index in [0.29, 0.717) is 24.3 Å². The van der Waals surface area contributed by atoms with E-state index in [-0.39, 0.29) is 11.7 Å². The summed E-state index contributed by atoms with van der Waals surface area (Å²) in [4.78, 5) is 22.6. The Bertz CT molecular complexity index is 1480.